The van der Waals surface area contributed by atoms with Crippen LogP contribution >= 0.6 is 20.6 Å². The zero-order valence-electron chi connectivity index (χ0n) is 10.6. The van der Waals surface area contributed by atoms with E-state index in [0.29, 0.717) is 9.32 Å². The van der Waals surface area contributed by atoms with Crippen LogP contribution in [0.25, 0.3) is 0 Å². The van der Waals surface area contributed by atoms with Gasteiger partial charge in [-0.15, -0.1) is 0 Å². The molecule has 0 N–H and O–H groups in total. The van der Waals surface area contributed by atoms with Crippen LogP contribution in [0, 0.1) is 3.57 Å². The molecule has 0 heterocycles. The van der Waals surface area contributed by atoms with Gasteiger partial charge in [0.15, 0.2) is 0 Å². The molecule has 1 aromatic rings. The van der Waals surface area contributed by atoms with Crippen molar-refractivity contribution >= 4 is 38.6 Å². The third-order valence-electron chi connectivity index (χ3n) is 1.59. The maximum absolute atomic E-state index is 11.0. The van der Waals surface area contributed by atoms with Gasteiger partial charge in [0.2, 0.25) is 0 Å². The van der Waals surface area contributed by atoms with E-state index in [9.17, 15) is 14.4 Å². The van der Waals surface area contributed by atoms with E-state index in [1.54, 1.807) is 18.2 Å². The Morgan fingerprint density at radius 1 is 0.947 bits per heavy atom. The molecule has 1 rings (SSSR count). The number of ether oxygens (including phenoxy) is 1. The molecule has 0 aliphatic heterocycles. The first-order valence-electron chi connectivity index (χ1n) is 5.25. The maximum atomic E-state index is 11.0. The number of carbonyl (C=O) groups is 3. The number of carbonyl (C=O) groups excluding carboxylic acids is 3. The summed E-state index contributed by atoms with van der Waals surface area (Å²) in [4.78, 5) is 32.9. The average Bonchev–Trinajstić information content (AvgIpc) is 2.26. The molecule has 0 radical (unpaired) electrons. The van der Waals surface area contributed by atoms with Crippen molar-refractivity contribution in [1.82, 2.24) is 0 Å². The summed E-state index contributed by atoms with van der Waals surface area (Å²) in [6.07, 6.45) is 0. The summed E-state index contributed by atoms with van der Waals surface area (Å²) in [6, 6.07) is 6.40. The molecule has 0 fully saturated rings. The van der Waals surface area contributed by atoms with Gasteiger partial charge >= 0.3 is 118 Å². The van der Waals surface area contributed by atoms with Gasteiger partial charge in [0.05, 0.1) is 0 Å². The molecule has 7 heteroatoms. The second kappa shape index (κ2) is 7.07. The van der Waals surface area contributed by atoms with Crippen molar-refractivity contribution in [2.24, 2.45) is 0 Å². The third-order valence-corrected chi connectivity index (χ3v) is 5.32. The van der Waals surface area contributed by atoms with Gasteiger partial charge in [-0.25, -0.2) is 0 Å². The Bertz CT molecular complexity index is 483. The van der Waals surface area contributed by atoms with E-state index in [0.717, 1.165) is 0 Å². The second-order valence-corrected chi connectivity index (χ2v) is 6.77. The summed E-state index contributed by atoms with van der Waals surface area (Å²) in [7, 11) is 0. The van der Waals surface area contributed by atoms with E-state index in [4.69, 9.17) is 10.9 Å². The Labute approximate surface area is 118 Å². The molecule has 0 aliphatic rings. The molecule has 19 heavy (non-hydrogen) atoms. The average molecular weight is 380 g/mol. The Morgan fingerprint density at radius 3 is 2.00 bits per heavy atom. The summed E-state index contributed by atoms with van der Waals surface area (Å²) in [6.45, 7) is 3.76. The Kier molecular flexibility index (Phi) is 5.74. The predicted octanol–water partition coefficient (Wildman–Crippen LogP) is 2.24. The van der Waals surface area contributed by atoms with E-state index in [1.165, 1.54) is 26.8 Å². The van der Waals surface area contributed by atoms with E-state index < -0.39 is 38.6 Å². The van der Waals surface area contributed by atoms with Crippen LogP contribution < -0.4 is 4.74 Å². The van der Waals surface area contributed by atoms with Crippen LogP contribution in [0.15, 0.2) is 24.3 Å². The van der Waals surface area contributed by atoms with Gasteiger partial charge in [0.1, 0.15) is 0 Å². The van der Waals surface area contributed by atoms with Gasteiger partial charge in [-0.1, -0.05) is 0 Å². The van der Waals surface area contributed by atoms with Crippen LogP contribution in [-0.4, -0.2) is 17.9 Å². The topological polar surface area (TPSA) is 78.9 Å². The van der Waals surface area contributed by atoms with Crippen LogP contribution in [0.4, 0.5) is 0 Å². The first-order valence-corrected chi connectivity index (χ1v) is 8.09. The van der Waals surface area contributed by atoms with Gasteiger partial charge in [-0.2, -0.15) is 0 Å². The zero-order valence-corrected chi connectivity index (χ0v) is 12.8. The van der Waals surface area contributed by atoms with Gasteiger partial charge < -0.3 is 0 Å². The molecule has 1 aromatic carbocycles. The molecule has 6 nitrogen and oxygen atoms in total. The van der Waals surface area contributed by atoms with E-state index >= 15 is 0 Å². The molecule has 0 atom stereocenters. The Morgan fingerprint density at radius 2 is 1.53 bits per heavy atom. The number of halogens is 1. The molecule has 0 spiro atoms. The van der Waals surface area contributed by atoms with Gasteiger partial charge in [0.25, 0.3) is 0 Å². The Balaban J connectivity index is 2.97. The van der Waals surface area contributed by atoms with Crippen molar-refractivity contribution in [3.8, 4) is 5.75 Å². The summed E-state index contributed by atoms with van der Waals surface area (Å²) >= 11 is -2.86. The number of hydrogen-bond donors (Lipinski definition) is 0. The SMILES string of the molecule is CC(=O)Oc1cccc(I(OC(C)=O)OC(C)=O)c1. The van der Waals surface area contributed by atoms with Crippen molar-refractivity contribution in [3.05, 3.63) is 27.8 Å². The molecule has 0 amide bonds. The van der Waals surface area contributed by atoms with Crippen molar-refractivity contribution in [2.75, 3.05) is 0 Å². The summed E-state index contributed by atoms with van der Waals surface area (Å²) in [5.41, 5.74) is 0. The van der Waals surface area contributed by atoms with Crippen molar-refractivity contribution < 1.29 is 25.3 Å². The van der Waals surface area contributed by atoms with Crippen molar-refractivity contribution in [3.63, 3.8) is 0 Å². The van der Waals surface area contributed by atoms with Crippen LogP contribution in [0.3, 0.4) is 0 Å². The van der Waals surface area contributed by atoms with Crippen LogP contribution in [0.1, 0.15) is 20.8 Å². The first kappa shape index (κ1) is 15.4. The third kappa shape index (κ3) is 5.69. The van der Waals surface area contributed by atoms with Gasteiger partial charge in [-0.3, -0.25) is 0 Å². The summed E-state index contributed by atoms with van der Waals surface area (Å²) in [5, 5.41) is 0. The van der Waals surface area contributed by atoms with Gasteiger partial charge in [-0.05, 0) is 0 Å². The fraction of sp³-hybridized carbons (Fsp3) is 0.250. The number of benzene rings is 1. The Hall–Kier alpha value is -1.64. The molecular formula is C12H13IO6. The normalized spacial score (nSPS) is 10.4. The standard InChI is InChI=1S/C12H13IO6/c1-8(14)17-12-6-4-5-11(7-12)13(18-9(2)15)19-10(3)16/h4-7H,1-3H3. The van der Waals surface area contributed by atoms with Crippen LogP contribution in [0.5, 0.6) is 5.75 Å². The molecule has 104 valence electrons. The summed E-state index contributed by atoms with van der Waals surface area (Å²) < 4.78 is 15.6. The van der Waals surface area contributed by atoms with E-state index in [1.807, 2.05) is 0 Å². The number of rotatable bonds is 4. The van der Waals surface area contributed by atoms with Crippen LogP contribution in [0.2, 0.25) is 0 Å². The molecule has 0 saturated heterocycles. The van der Waals surface area contributed by atoms with Crippen molar-refractivity contribution in [2.45, 2.75) is 20.8 Å². The quantitative estimate of drug-likeness (QED) is 0.453. The molecule has 0 saturated carbocycles. The first-order chi connectivity index (χ1) is 8.88. The molecular weight excluding hydrogens is 367 g/mol. The van der Waals surface area contributed by atoms with Gasteiger partial charge in [0, 0.05) is 0 Å². The van der Waals surface area contributed by atoms with Crippen LogP contribution in [-0.2, 0) is 20.5 Å². The van der Waals surface area contributed by atoms with Crippen molar-refractivity contribution in [1.29, 1.82) is 0 Å². The molecule has 0 bridgehead atoms. The second-order valence-electron chi connectivity index (χ2n) is 3.41. The van der Waals surface area contributed by atoms with E-state index in [2.05, 4.69) is 0 Å². The monoisotopic (exact) mass is 380 g/mol. The predicted molar refractivity (Wildman–Crippen MR) is 74.0 cm³/mol. The molecule has 0 unspecified atom stereocenters. The zero-order chi connectivity index (χ0) is 14.4. The fourth-order valence-corrected chi connectivity index (χ4v) is 3.88. The minimum absolute atomic E-state index is 0.312. The number of hydrogen-bond acceptors (Lipinski definition) is 6. The minimum atomic E-state index is -2.86. The molecule has 0 aliphatic carbocycles. The molecule has 0 aromatic heterocycles. The number of esters is 1. The van der Waals surface area contributed by atoms with E-state index in [-0.39, 0.29) is 0 Å². The fourth-order valence-electron chi connectivity index (χ4n) is 1.09. The summed E-state index contributed by atoms with van der Waals surface area (Å²) in [5.74, 6) is -1.20.